The number of nitrogens with zero attached hydrogens (tertiary/aromatic N) is 5. The van der Waals surface area contributed by atoms with Crippen LogP contribution in [0.4, 0.5) is 5.82 Å². The average Bonchev–Trinajstić information content (AvgIpc) is 3.19. The van der Waals surface area contributed by atoms with E-state index < -0.39 is 0 Å². The van der Waals surface area contributed by atoms with Gasteiger partial charge >= 0.3 is 0 Å². The van der Waals surface area contributed by atoms with Crippen LogP contribution < -0.4 is 5.32 Å². The van der Waals surface area contributed by atoms with Gasteiger partial charge in [0.15, 0.2) is 0 Å². The van der Waals surface area contributed by atoms with Crippen molar-refractivity contribution in [3.05, 3.63) is 36.8 Å². The summed E-state index contributed by atoms with van der Waals surface area (Å²) >= 11 is 0. The quantitative estimate of drug-likeness (QED) is 0.539. The third kappa shape index (κ3) is 5.58. The van der Waals surface area contributed by atoms with Crippen molar-refractivity contribution < 1.29 is 9.28 Å². The number of pyridine rings is 2. The number of aryl methyl sites for hydroxylation is 1. The van der Waals surface area contributed by atoms with Gasteiger partial charge in [-0.2, -0.15) is 5.10 Å². The summed E-state index contributed by atoms with van der Waals surface area (Å²) in [6, 6.07) is 5.85. The number of likely N-dealkylation sites (tertiary alicyclic amines) is 1. The monoisotopic (exact) mass is 449 g/mol. The molecular weight excluding hydrogens is 412 g/mol. The first-order chi connectivity index (χ1) is 15.7. The predicted molar refractivity (Wildman–Crippen MR) is 132 cm³/mol. The molecule has 0 atom stereocenters. The summed E-state index contributed by atoms with van der Waals surface area (Å²) in [6.07, 6.45) is 7.39. The number of aromatic nitrogens is 4. The number of carbonyl (C=O) groups excluding carboxylic acids is 1. The fourth-order valence-corrected chi connectivity index (χ4v) is 5.39. The first kappa shape index (κ1) is 23.4. The van der Waals surface area contributed by atoms with E-state index in [0.29, 0.717) is 17.7 Å². The Hall–Kier alpha value is -2.80. The van der Waals surface area contributed by atoms with Gasteiger partial charge in [0.1, 0.15) is 5.82 Å². The van der Waals surface area contributed by atoms with Gasteiger partial charge in [-0.15, -0.1) is 0 Å². The summed E-state index contributed by atoms with van der Waals surface area (Å²) in [5.41, 5.74) is 2.64. The minimum absolute atomic E-state index is 0.0442. The van der Waals surface area contributed by atoms with E-state index in [2.05, 4.69) is 43.1 Å². The molecule has 176 valence electrons. The van der Waals surface area contributed by atoms with Crippen molar-refractivity contribution in [2.75, 3.05) is 31.5 Å². The van der Waals surface area contributed by atoms with Gasteiger partial charge in [0.25, 0.3) is 0 Å². The van der Waals surface area contributed by atoms with Crippen LogP contribution >= 0.6 is 0 Å². The Morgan fingerprint density at radius 3 is 2.42 bits per heavy atom. The van der Waals surface area contributed by atoms with Crippen molar-refractivity contribution >= 4 is 22.6 Å². The second-order valence-electron chi connectivity index (χ2n) is 10.6. The highest BCUT2D eigenvalue weighted by Crippen LogP contribution is 2.28. The Labute approximate surface area is 196 Å². The zero-order chi connectivity index (χ0) is 23.6. The molecule has 33 heavy (non-hydrogen) atoms. The van der Waals surface area contributed by atoms with Crippen LogP contribution in [-0.2, 0) is 11.8 Å². The van der Waals surface area contributed by atoms with Crippen LogP contribution in [0.1, 0.15) is 40.5 Å². The average molecular weight is 450 g/mol. The number of quaternary nitrogens is 1. The van der Waals surface area contributed by atoms with E-state index in [1.165, 1.54) is 13.1 Å². The summed E-state index contributed by atoms with van der Waals surface area (Å²) in [4.78, 5) is 22.3. The van der Waals surface area contributed by atoms with Gasteiger partial charge in [-0.05, 0) is 12.1 Å². The van der Waals surface area contributed by atoms with Crippen LogP contribution in [0.5, 0.6) is 0 Å². The fraction of sp³-hybridized carbons (Fsp3) is 0.538. The van der Waals surface area contributed by atoms with Crippen molar-refractivity contribution in [2.24, 2.45) is 24.8 Å². The SMILES string of the molecule is CC(C)C[N+]1(CC(C)C)CCC(C(=O)Nc2cc3nc(-c4cnn(C)c4)ccc3cn2)CC1. The molecule has 1 amide bonds. The van der Waals surface area contributed by atoms with Crippen molar-refractivity contribution in [3.8, 4) is 11.3 Å². The third-order valence-corrected chi connectivity index (χ3v) is 6.60. The highest BCUT2D eigenvalue weighted by Gasteiger charge is 2.37. The van der Waals surface area contributed by atoms with Crippen LogP contribution in [0, 0.1) is 17.8 Å². The molecule has 0 saturated carbocycles. The molecule has 1 fully saturated rings. The Kier molecular flexibility index (Phi) is 6.79. The molecule has 0 aliphatic carbocycles. The number of fused-ring (bicyclic) bond motifs is 1. The molecule has 4 rings (SSSR count). The van der Waals surface area contributed by atoms with E-state index >= 15 is 0 Å². The van der Waals surface area contributed by atoms with Crippen molar-refractivity contribution in [1.29, 1.82) is 0 Å². The van der Waals surface area contributed by atoms with Gasteiger partial charge in [-0.1, -0.05) is 27.7 Å². The molecular formula is C26H37N6O+. The maximum atomic E-state index is 13.1. The van der Waals surface area contributed by atoms with Gasteiger partial charge in [-0.25, -0.2) is 9.97 Å². The smallest absolute Gasteiger partial charge is 0.229 e. The Morgan fingerprint density at radius 1 is 1.12 bits per heavy atom. The number of hydrogen-bond donors (Lipinski definition) is 1. The van der Waals surface area contributed by atoms with E-state index in [-0.39, 0.29) is 11.8 Å². The van der Waals surface area contributed by atoms with Gasteiger partial charge in [0.05, 0.1) is 43.6 Å². The number of piperidine rings is 1. The molecule has 7 heteroatoms. The lowest BCUT2D eigenvalue weighted by Gasteiger charge is -2.45. The molecule has 0 unspecified atom stereocenters. The molecule has 3 aromatic heterocycles. The molecule has 4 heterocycles. The first-order valence-corrected chi connectivity index (χ1v) is 12.1. The minimum atomic E-state index is 0.0442. The van der Waals surface area contributed by atoms with E-state index in [4.69, 9.17) is 4.98 Å². The topological polar surface area (TPSA) is 72.7 Å². The molecule has 1 aliphatic rings. The largest absolute Gasteiger partial charge is 0.323 e. The highest BCUT2D eigenvalue weighted by molar-refractivity contribution is 5.93. The number of hydrogen-bond acceptors (Lipinski definition) is 4. The molecule has 1 N–H and O–H groups in total. The lowest BCUT2D eigenvalue weighted by Crippen LogP contribution is -2.57. The lowest BCUT2D eigenvalue weighted by molar-refractivity contribution is -0.938. The lowest BCUT2D eigenvalue weighted by atomic mass is 9.91. The fourth-order valence-electron chi connectivity index (χ4n) is 5.39. The number of anilines is 1. The molecule has 1 saturated heterocycles. The van der Waals surface area contributed by atoms with Crippen LogP contribution in [0.25, 0.3) is 22.2 Å². The number of amides is 1. The van der Waals surface area contributed by atoms with Crippen molar-refractivity contribution in [2.45, 2.75) is 40.5 Å². The van der Waals surface area contributed by atoms with Crippen LogP contribution in [-0.4, -0.2) is 56.3 Å². The van der Waals surface area contributed by atoms with Crippen LogP contribution in [0.2, 0.25) is 0 Å². The van der Waals surface area contributed by atoms with Gasteiger partial charge in [-0.3, -0.25) is 9.48 Å². The van der Waals surface area contributed by atoms with E-state index in [1.807, 2.05) is 31.4 Å². The molecule has 0 radical (unpaired) electrons. The zero-order valence-electron chi connectivity index (χ0n) is 20.6. The maximum Gasteiger partial charge on any atom is 0.229 e. The molecule has 1 aliphatic heterocycles. The molecule has 7 nitrogen and oxygen atoms in total. The maximum absolute atomic E-state index is 13.1. The molecule has 3 aromatic rings. The Balaban J connectivity index is 1.44. The van der Waals surface area contributed by atoms with E-state index in [9.17, 15) is 4.79 Å². The Bertz CT molecular complexity index is 1100. The molecule has 0 spiro atoms. The first-order valence-electron chi connectivity index (χ1n) is 12.1. The van der Waals surface area contributed by atoms with Gasteiger partial charge in [0.2, 0.25) is 5.91 Å². The van der Waals surface area contributed by atoms with E-state index in [0.717, 1.165) is 52.6 Å². The van der Waals surface area contributed by atoms with Crippen molar-refractivity contribution in [3.63, 3.8) is 0 Å². The highest BCUT2D eigenvalue weighted by atomic mass is 16.2. The van der Waals surface area contributed by atoms with E-state index in [1.54, 1.807) is 17.1 Å². The second-order valence-corrected chi connectivity index (χ2v) is 10.6. The molecule has 0 aromatic carbocycles. The summed E-state index contributed by atoms with van der Waals surface area (Å²) in [7, 11) is 1.89. The minimum Gasteiger partial charge on any atom is -0.323 e. The summed E-state index contributed by atoms with van der Waals surface area (Å²) in [5, 5.41) is 8.24. The van der Waals surface area contributed by atoms with Crippen LogP contribution in [0.15, 0.2) is 36.8 Å². The van der Waals surface area contributed by atoms with Gasteiger partial charge < -0.3 is 9.80 Å². The summed E-state index contributed by atoms with van der Waals surface area (Å²) in [5.74, 6) is 2.03. The zero-order valence-corrected chi connectivity index (χ0v) is 20.6. The summed E-state index contributed by atoms with van der Waals surface area (Å²) in [6.45, 7) is 13.8. The number of carbonyl (C=O) groups is 1. The van der Waals surface area contributed by atoms with Crippen molar-refractivity contribution in [1.82, 2.24) is 19.7 Å². The number of rotatable bonds is 7. The normalized spacial score (nSPS) is 16.6. The standard InChI is InChI=1S/C26H36N6O/c1-18(2)16-32(17-19(3)4)10-8-20(9-11-32)26(33)30-25-12-24-21(13-27-25)6-7-23(29-24)22-14-28-31(5)15-22/h6-7,12-15,18-20H,8-11,16-17H2,1-5H3/p+1. The third-order valence-electron chi connectivity index (χ3n) is 6.60. The van der Waals surface area contributed by atoms with Gasteiger partial charge in [0, 0.05) is 67.1 Å². The predicted octanol–water partition coefficient (Wildman–Crippen LogP) is 4.51. The van der Waals surface area contributed by atoms with Crippen LogP contribution in [0.3, 0.4) is 0 Å². The molecule has 0 bridgehead atoms. The summed E-state index contributed by atoms with van der Waals surface area (Å²) < 4.78 is 2.91. The Morgan fingerprint density at radius 2 is 1.82 bits per heavy atom. The second kappa shape index (κ2) is 9.59. The number of nitrogens with one attached hydrogen (secondary N) is 1.